The molecular weight excluding hydrogens is 358 g/mol. The van der Waals surface area contributed by atoms with Gasteiger partial charge in [0.2, 0.25) is 5.95 Å². The largest absolute Gasteiger partial charge is 0.381 e. The molecule has 0 saturated heterocycles. The van der Waals surface area contributed by atoms with Gasteiger partial charge in [-0.15, -0.1) is 0 Å². The third-order valence-corrected chi connectivity index (χ3v) is 6.03. The van der Waals surface area contributed by atoms with Gasteiger partial charge in [-0.25, -0.2) is 4.98 Å². The van der Waals surface area contributed by atoms with Crippen LogP contribution < -0.4 is 16.4 Å². The molecule has 156 valence electrons. The number of amides is 1. The van der Waals surface area contributed by atoms with Gasteiger partial charge in [0.25, 0.3) is 5.91 Å². The van der Waals surface area contributed by atoms with Crippen LogP contribution in [-0.2, 0) is 9.47 Å². The van der Waals surface area contributed by atoms with Crippen LogP contribution in [0.3, 0.4) is 0 Å². The Hall–Kier alpha value is -1.93. The Balaban J connectivity index is 1.61. The van der Waals surface area contributed by atoms with Crippen LogP contribution in [0.5, 0.6) is 0 Å². The predicted octanol–water partition coefficient (Wildman–Crippen LogP) is 2.56. The number of nitrogens with one attached hydrogen (secondary N) is 2. The highest BCUT2D eigenvalue weighted by atomic mass is 16.5. The molecule has 0 spiro atoms. The van der Waals surface area contributed by atoms with Crippen molar-refractivity contribution in [2.75, 3.05) is 31.4 Å². The summed E-state index contributed by atoms with van der Waals surface area (Å²) in [5, 5.41) is 6.73. The van der Waals surface area contributed by atoms with E-state index in [-0.39, 0.29) is 12.1 Å². The minimum Gasteiger partial charge on any atom is -0.381 e. The van der Waals surface area contributed by atoms with Crippen LogP contribution in [0.25, 0.3) is 0 Å². The molecule has 0 aliphatic heterocycles. The van der Waals surface area contributed by atoms with Crippen molar-refractivity contribution in [2.45, 2.75) is 69.6 Å². The van der Waals surface area contributed by atoms with Gasteiger partial charge in [-0.1, -0.05) is 0 Å². The van der Waals surface area contributed by atoms with Crippen molar-refractivity contribution in [3.8, 4) is 0 Å². The van der Waals surface area contributed by atoms with Gasteiger partial charge in [0, 0.05) is 33.0 Å². The number of hydrogen-bond donors (Lipinski definition) is 3. The van der Waals surface area contributed by atoms with E-state index in [4.69, 9.17) is 15.2 Å². The molecule has 0 aromatic carbocycles. The zero-order chi connectivity index (χ0) is 19.9. The minimum absolute atomic E-state index is 0.212. The third kappa shape index (κ3) is 5.54. The Morgan fingerprint density at radius 1 is 1.14 bits per heavy atom. The quantitative estimate of drug-likeness (QED) is 0.624. The van der Waals surface area contributed by atoms with Crippen molar-refractivity contribution in [2.24, 2.45) is 11.7 Å². The van der Waals surface area contributed by atoms with Crippen molar-refractivity contribution >= 4 is 17.7 Å². The van der Waals surface area contributed by atoms with E-state index in [2.05, 4.69) is 20.6 Å². The molecule has 1 aromatic rings. The number of ether oxygens (including phenoxy) is 2. The van der Waals surface area contributed by atoms with Gasteiger partial charge in [0.15, 0.2) is 0 Å². The maximum absolute atomic E-state index is 11.8. The first kappa shape index (κ1) is 20.8. The second-order valence-electron chi connectivity index (χ2n) is 7.95. The van der Waals surface area contributed by atoms with Crippen molar-refractivity contribution in [1.82, 2.24) is 9.97 Å². The number of aromatic nitrogens is 2. The lowest BCUT2D eigenvalue weighted by molar-refractivity contribution is 0.0585. The highest BCUT2D eigenvalue weighted by Crippen LogP contribution is 2.27. The van der Waals surface area contributed by atoms with Gasteiger partial charge in [-0.3, -0.25) is 4.79 Å². The van der Waals surface area contributed by atoms with E-state index < -0.39 is 5.91 Å². The Bertz CT molecular complexity index is 649. The maximum Gasteiger partial charge on any atom is 0.254 e. The molecule has 1 heterocycles. The van der Waals surface area contributed by atoms with E-state index in [0.717, 1.165) is 57.9 Å². The number of hydrogen-bond acceptors (Lipinski definition) is 7. The molecule has 2 saturated carbocycles. The fourth-order valence-corrected chi connectivity index (χ4v) is 4.25. The van der Waals surface area contributed by atoms with Crippen LogP contribution in [0.1, 0.15) is 61.7 Å². The minimum atomic E-state index is -0.522. The summed E-state index contributed by atoms with van der Waals surface area (Å²) < 4.78 is 10.9. The lowest BCUT2D eigenvalue weighted by Gasteiger charge is -2.29. The summed E-state index contributed by atoms with van der Waals surface area (Å²) >= 11 is 0. The molecule has 2 atom stereocenters. The molecular formula is C20H33N5O3. The number of rotatable bonds is 8. The molecule has 0 bridgehead atoms. The van der Waals surface area contributed by atoms with Crippen molar-refractivity contribution in [3.63, 3.8) is 0 Å². The standard InChI is InChI=1S/C20H33N5O3/c1-27-15-8-6-13(7-9-15)11-22-20-23-12-17(18(21)26)19(25-20)24-14-4-3-5-16(10-14)28-2/h12-16H,3-11H2,1-2H3,(H2,21,26)(H2,22,23,24,25)/t13?,14-,15?,16-/m1/s1. The maximum atomic E-state index is 11.8. The first-order chi connectivity index (χ1) is 13.6. The number of primary amides is 1. The Morgan fingerprint density at radius 2 is 1.89 bits per heavy atom. The van der Waals surface area contributed by atoms with E-state index in [1.165, 1.54) is 6.20 Å². The lowest BCUT2D eigenvalue weighted by atomic mass is 9.87. The molecule has 28 heavy (non-hydrogen) atoms. The second kappa shape index (κ2) is 10.0. The number of carbonyl (C=O) groups excluding carboxylic acids is 1. The SMILES string of the molecule is COC1CCC(CNc2ncc(C(N)=O)c(N[C@@H]3CCC[C@@H](OC)C3)n2)CC1. The average Bonchev–Trinajstić information content (AvgIpc) is 2.72. The van der Waals surface area contributed by atoms with Gasteiger partial charge < -0.3 is 25.8 Å². The van der Waals surface area contributed by atoms with Crippen LogP contribution in [0.2, 0.25) is 0 Å². The number of methoxy groups -OCH3 is 2. The Labute approximate surface area is 167 Å². The summed E-state index contributed by atoms with van der Waals surface area (Å²) in [7, 11) is 3.53. The topological polar surface area (TPSA) is 111 Å². The fraction of sp³-hybridized carbons (Fsp3) is 0.750. The van der Waals surface area contributed by atoms with Gasteiger partial charge in [-0.2, -0.15) is 4.98 Å². The molecule has 1 amide bonds. The molecule has 3 rings (SSSR count). The van der Waals surface area contributed by atoms with Gasteiger partial charge in [0.05, 0.1) is 17.8 Å². The lowest BCUT2D eigenvalue weighted by Crippen LogP contribution is -2.32. The highest BCUT2D eigenvalue weighted by Gasteiger charge is 2.24. The smallest absolute Gasteiger partial charge is 0.254 e. The summed E-state index contributed by atoms with van der Waals surface area (Å²) in [6, 6.07) is 0.212. The van der Waals surface area contributed by atoms with Crippen LogP contribution in [-0.4, -0.2) is 54.9 Å². The molecule has 0 radical (unpaired) electrons. The molecule has 8 heteroatoms. The summed E-state index contributed by atoms with van der Waals surface area (Å²) in [4.78, 5) is 20.6. The molecule has 2 aliphatic rings. The van der Waals surface area contributed by atoms with E-state index in [1.54, 1.807) is 14.2 Å². The second-order valence-corrected chi connectivity index (χ2v) is 7.95. The van der Waals surface area contributed by atoms with Crippen LogP contribution in [0, 0.1) is 5.92 Å². The van der Waals surface area contributed by atoms with Gasteiger partial charge in [0.1, 0.15) is 5.82 Å². The summed E-state index contributed by atoms with van der Waals surface area (Å²) in [5.74, 6) is 1.10. The zero-order valence-electron chi connectivity index (χ0n) is 16.9. The Morgan fingerprint density at radius 3 is 2.57 bits per heavy atom. The number of carbonyl (C=O) groups is 1. The molecule has 8 nitrogen and oxygen atoms in total. The van der Waals surface area contributed by atoms with E-state index in [1.807, 2.05) is 0 Å². The van der Waals surface area contributed by atoms with Gasteiger partial charge >= 0.3 is 0 Å². The van der Waals surface area contributed by atoms with Crippen molar-refractivity contribution in [1.29, 1.82) is 0 Å². The van der Waals surface area contributed by atoms with Crippen molar-refractivity contribution in [3.05, 3.63) is 11.8 Å². The summed E-state index contributed by atoms with van der Waals surface area (Å²) in [6.45, 7) is 0.820. The zero-order valence-corrected chi connectivity index (χ0v) is 16.9. The number of nitrogens with zero attached hydrogens (tertiary/aromatic N) is 2. The van der Waals surface area contributed by atoms with E-state index >= 15 is 0 Å². The normalized spacial score (nSPS) is 27.9. The third-order valence-electron chi connectivity index (χ3n) is 6.03. The van der Waals surface area contributed by atoms with E-state index in [0.29, 0.717) is 29.4 Å². The highest BCUT2D eigenvalue weighted by molar-refractivity contribution is 5.97. The predicted molar refractivity (Wildman–Crippen MR) is 108 cm³/mol. The van der Waals surface area contributed by atoms with Crippen LogP contribution in [0.4, 0.5) is 11.8 Å². The van der Waals surface area contributed by atoms with Crippen molar-refractivity contribution < 1.29 is 14.3 Å². The van der Waals surface area contributed by atoms with E-state index in [9.17, 15) is 4.79 Å². The van der Waals surface area contributed by atoms with Crippen LogP contribution >= 0.6 is 0 Å². The monoisotopic (exact) mass is 391 g/mol. The first-order valence-corrected chi connectivity index (χ1v) is 10.3. The average molecular weight is 392 g/mol. The summed E-state index contributed by atoms with van der Waals surface area (Å²) in [5.41, 5.74) is 5.85. The molecule has 4 N–H and O–H groups in total. The molecule has 2 fully saturated rings. The number of anilines is 2. The summed E-state index contributed by atoms with van der Waals surface area (Å²) in [6.07, 6.45) is 10.7. The number of nitrogens with two attached hydrogens (primary N) is 1. The molecule has 0 unspecified atom stereocenters. The van der Waals surface area contributed by atoms with Crippen LogP contribution in [0.15, 0.2) is 6.20 Å². The van der Waals surface area contributed by atoms with Gasteiger partial charge in [-0.05, 0) is 57.3 Å². The molecule has 2 aliphatic carbocycles. The molecule has 1 aromatic heterocycles. The Kier molecular flexibility index (Phi) is 7.44. The first-order valence-electron chi connectivity index (χ1n) is 10.3. The fourth-order valence-electron chi connectivity index (χ4n) is 4.25.